The van der Waals surface area contributed by atoms with Crippen LogP contribution in [0.3, 0.4) is 0 Å². The first-order chi connectivity index (χ1) is 9.22. The molecular formula is C15H22N2O2. The van der Waals surface area contributed by atoms with E-state index in [0.717, 1.165) is 24.8 Å². The summed E-state index contributed by atoms with van der Waals surface area (Å²) in [5.74, 6) is -0.283. The van der Waals surface area contributed by atoms with Crippen molar-refractivity contribution in [2.75, 3.05) is 0 Å². The Hall–Kier alpha value is -1.84. The summed E-state index contributed by atoms with van der Waals surface area (Å²) < 4.78 is 0. The highest BCUT2D eigenvalue weighted by atomic mass is 16.2. The number of aryl methyl sites for hydroxylation is 1. The molecule has 0 bridgehead atoms. The number of hydrogen-bond acceptors (Lipinski definition) is 2. The van der Waals surface area contributed by atoms with E-state index in [1.807, 2.05) is 30.3 Å². The van der Waals surface area contributed by atoms with Crippen LogP contribution >= 0.6 is 0 Å². The maximum atomic E-state index is 11.5. The van der Waals surface area contributed by atoms with E-state index in [1.54, 1.807) is 0 Å². The van der Waals surface area contributed by atoms with Gasteiger partial charge in [0.05, 0.1) is 0 Å². The molecular weight excluding hydrogens is 240 g/mol. The van der Waals surface area contributed by atoms with E-state index in [9.17, 15) is 9.59 Å². The van der Waals surface area contributed by atoms with Crippen LogP contribution in [-0.2, 0) is 16.0 Å². The molecule has 0 saturated heterocycles. The van der Waals surface area contributed by atoms with Crippen molar-refractivity contribution in [1.29, 1.82) is 0 Å². The van der Waals surface area contributed by atoms with Gasteiger partial charge in [-0.3, -0.25) is 20.4 Å². The van der Waals surface area contributed by atoms with Gasteiger partial charge in [-0.05, 0) is 18.4 Å². The van der Waals surface area contributed by atoms with Crippen LogP contribution in [0.5, 0.6) is 0 Å². The molecule has 104 valence electrons. The summed E-state index contributed by atoms with van der Waals surface area (Å²) in [6, 6.07) is 9.80. The van der Waals surface area contributed by atoms with E-state index in [0.29, 0.717) is 19.3 Å². The molecule has 0 aliphatic rings. The summed E-state index contributed by atoms with van der Waals surface area (Å²) in [5, 5.41) is 0. The third-order valence-corrected chi connectivity index (χ3v) is 2.83. The third-order valence-electron chi connectivity index (χ3n) is 2.83. The molecule has 0 fully saturated rings. The fraction of sp³-hybridized carbons (Fsp3) is 0.467. The van der Waals surface area contributed by atoms with Gasteiger partial charge in [0, 0.05) is 12.8 Å². The summed E-state index contributed by atoms with van der Waals surface area (Å²) in [5.41, 5.74) is 6.00. The second kappa shape index (κ2) is 9.14. The lowest BCUT2D eigenvalue weighted by Crippen LogP contribution is -2.41. The minimum Gasteiger partial charge on any atom is -0.273 e. The second-order valence-corrected chi connectivity index (χ2v) is 4.54. The number of nitrogens with one attached hydrogen (secondary N) is 2. The van der Waals surface area contributed by atoms with E-state index < -0.39 is 0 Å². The topological polar surface area (TPSA) is 58.2 Å². The highest BCUT2D eigenvalue weighted by molar-refractivity contribution is 5.81. The highest BCUT2D eigenvalue weighted by Gasteiger charge is 2.04. The minimum atomic E-state index is -0.160. The molecule has 0 unspecified atom stereocenters. The minimum absolute atomic E-state index is 0.124. The maximum Gasteiger partial charge on any atom is 0.238 e. The lowest BCUT2D eigenvalue weighted by Gasteiger charge is -2.07. The third kappa shape index (κ3) is 7.24. The molecule has 0 aliphatic heterocycles. The number of amides is 2. The summed E-state index contributed by atoms with van der Waals surface area (Å²) in [4.78, 5) is 22.9. The van der Waals surface area contributed by atoms with Crippen LogP contribution < -0.4 is 10.9 Å². The first-order valence-corrected chi connectivity index (χ1v) is 6.84. The Morgan fingerprint density at radius 3 is 2.21 bits per heavy atom. The van der Waals surface area contributed by atoms with E-state index in [-0.39, 0.29) is 11.8 Å². The van der Waals surface area contributed by atoms with Crippen LogP contribution in [0.1, 0.15) is 44.6 Å². The van der Waals surface area contributed by atoms with Crippen LogP contribution in [-0.4, -0.2) is 11.8 Å². The van der Waals surface area contributed by atoms with Gasteiger partial charge in [-0.2, -0.15) is 0 Å². The zero-order valence-electron chi connectivity index (χ0n) is 11.4. The van der Waals surface area contributed by atoms with Crippen LogP contribution in [0, 0.1) is 0 Å². The van der Waals surface area contributed by atoms with Crippen LogP contribution in [0.25, 0.3) is 0 Å². The molecule has 4 nitrogen and oxygen atoms in total. The van der Waals surface area contributed by atoms with Crippen molar-refractivity contribution < 1.29 is 9.59 Å². The standard InChI is InChI=1S/C15H22N2O2/c1-2-3-5-10-14(18)16-17-15(19)12-11-13-8-6-4-7-9-13/h4,6-9H,2-3,5,10-12H2,1H3,(H,16,18)(H,17,19). The van der Waals surface area contributed by atoms with E-state index >= 15 is 0 Å². The van der Waals surface area contributed by atoms with Crippen LogP contribution in [0.2, 0.25) is 0 Å². The molecule has 0 spiro atoms. The lowest BCUT2D eigenvalue weighted by molar-refractivity contribution is -0.128. The average Bonchev–Trinajstić information content (AvgIpc) is 2.44. The number of carbonyl (C=O) groups excluding carboxylic acids is 2. The molecule has 0 atom stereocenters. The Balaban J connectivity index is 2.12. The van der Waals surface area contributed by atoms with Crippen molar-refractivity contribution in [2.24, 2.45) is 0 Å². The van der Waals surface area contributed by atoms with Crippen molar-refractivity contribution in [2.45, 2.75) is 45.4 Å². The molecule has 2 amide bonds. The Bertz CT molecular complexity index is 390. The molecule has 0 aromatic heterocycles. The average molecular weight is 262 g/mol. The molecule has 0 radical (unpaired) electrons. The molecule has 4 heteroatoms. The summed E-state index contributed by atoms with van der Waals surface area (Å²) in [6.07, 6.45) is 4.50. The number of benzene rings is 1. The van der Waals surface area contributed by atoms with E-state index in [4.69, 9.17) is 0 Å². The molecule has 0 heterocycles. The van der Waals surface area contributed by atoms with Gasteiger partial charge < -0.3 is 0 Å². The molecule has 2 N–H and O–H groups in total. The lowest BCUT2D eigenvalue weighted by atomic mass is 10.1. The highest BCUT2D eigenvalue weighted by Crippen LogP contribution is 2.02. The van der Waals surface area contributed by atoms with Gasteiger partial charge in [0.15, 0.2) is 0 Å². The maximum absolute atomic E-state index is 11.5. The SMILES string of the molecule is CCCCCC(=O)NNC(=O)CCc1ccccc1. The van der Waals surface area contributed by atoms with Crippen molar-refractivity contribution in [3.63, 3.8) is 0 Å². The van der Waals surface area contributed by atoms with Gasteiger partial charge in [0.25, 0.3) is 0 Å². The van der Waals surface area contributed by atoms with Gasteiger partial charge in [-0.25, -0.2) is 0 Å². The van der Waals surface area contributed by atoms with Gasteiger partial charge in [0.1, 0.15) is 0 Å². The van der Waals surface area contributed by atoms with Gasteiger partial charge >= 0.3 is 0 Å². The first kappa shape index (κ1) is 15.2. The number of unbranched alkanes of at least 4 members (excludes halogenated alkanes) is 2. The van der Waals surface area contributed by atoms with Gasteiger partial charge in [0.2, 0.25) is 11.8 Å². The number of hydrogen-bond donors (Lipinski definition) is 2. The monoisotopic (exact) mass is 262 g/mol. The van der Waals surface area contributed by atoms with Gasteiger partial charge in [-0.15, -0.1) is 0 Å². The Morgan fingerprint density at radius 1 is 0.947 bits per heavy atom. The zero-order valence-corrected chi connectivity index (χ0v) is 11.4. The van der Waals surface area contributed by atoms with E-state index in [2.05, 4.69) is 17.8 Å². The summed E-state index contributed by atoms with van der Waals surface area (Å²) >= 11 is 0. The second-order valence-electron chi connectivity index (χ2n) is 4.54. The quantitative estimate of drug-likeness (QED) is 0.585. The van der Waals surface area contributed by atoms with Crippen molar-refractivity contribution in [3.8, 4) is 0 Å². The van der Waals surface area contributed by atoms with Gasteiger partial charge in [-0.1, -0.05) is 50.1 Å². The fourth-order valence-corrected chi connectivity index (χ4v) is 1.70. The van der Waals surface area contributed by atoms with Crippen LogP contribution in [0.15, 0.2) is 30.3 Å². The molecule has 19 heavy (non-hydrogen) atoms. The van der Waals surface area contributed by atoms with Crippen molar-refractivity contribution in [1.82, 2.24) is 10.9 Å². The predicted molar refractivity (Wildman–Crippen MR) is 75.2 cm³/mol. The fourth-order valence-electron chi connectivity index (χ4n) is 1.70. The first-order valence-electron chi connectivity index (χ1n) is 6.84. The molecule has 1 rings (SSSR count). The molecule has 0 saturated carbocycles. The molecule has 0 aliphatic carbocycles. The van der Waals surface area contributed by atoms with Crippen molar-refractivity contribution in [3.05, 3.63) is 35.9 Å². The number of hydrazine groups is 1. The Morgan fingerprint density at radius 2 is 1.58 bits per heavy atom. The smallest absolute Gasteiger partial charge is 0.238 e. The number of rotatable bonds is 7. The number of carbonyl (C=O) groups is 2. The molecule has 1 aromatic carbocycles. The van der Waals surface area contributed by atoms with E-state index in [1.165, 1.54) is 0 Å². The zero-order chi connectivity index (χ0) is 13.9. The van der Waals surface area contributed by atoms with Crippen LogP contribution in [0.4, 0.5) is 0 Å². The Labute approximate surface area is 114 Å². The van der Waals surface area contributed by atoms with Crippen molar-refractivity contribution >= 4 is 11.8 Å². The normalized spacial score (nSPS) is 9.95. The Kier molecular flexibility index (Phi) is 7.32. The predicted octanol–water partition coefficient (Wildman–Crippen LogP) is 2.35. The summed E-state index contributed by atoms with van der Waals surface area (Å²) in [6.45, 7) is 2.09. The molecule has 1 aromatic rings. The largest absolute Gasteiger partial charge is 0.273 e. The summed E-state index contributed by atoms with van der Waals surface area (Å²) in [7, 11) is 0.